The maximum absolute atomic E-state index is 11.0. The number of carboxylic acids is 1. The molecule has 2 heterocycles. The first-order chi connectivity index (χ1) is 9.69. The van der Waals surface area contributed by atoms with Gasteiger partial charge in [-0.15, -0.1) is 0 Å². The molecule has 0 aromatic carbocycles. The van der Waals surface area contributed by atoms with E-state index in [-0.39, 0.29) is 17.4 Å². The van der Waals surface area contributed by atoms with Crippen LogP contribution in [0.5, 0.6) is 5.75 Å². The fourth-order valence-corrected chi connectivity index (χ4v) is 3.25. The summed E-state index contributed by atoms with van der Waals surface area (Å²) in [7, 11) is 0. The van der Waals surface area contributed by atoms with Crippen molar-refractivity contribution in [2.45, 2.75) is 50.2 Å². The Labute approximate surface area is 117 Å². The molecule has 1 aromatic heterocycles. The van der Waals surface area contributed by atoms with E-state index in [1.54, 1.807) is 12.1 Å². The number of aromatic carboxylic acids is 1. The molecule has 1 atom stereocenters. The van der Waals surface area contributed by atoms with Gasteiger partial charge in [0.1, 0.15) is 6.61 Å². The number of aromatic nitrogens is 1. The third kappa shape index (κ3) is 2.63. The molecule has 0 radical (unpaired) electrons. The molecule has 2 aliphatic rings. The molecule has 1 aliphatic carbocycles. The van der Waals surface area contributed by atoms with Crippen LogP contribution in [0, 0.1) is 0 Å². The van der Waals surface area contributed by atoms with E-state index in [0.29, 0.717) is 12.4 Å². The maximum Gasteiger partial charge on any atom is 0.358 e. The molecule has 0 amide bonds. The zero-order valence-electron chi connectivity index (χ0n) is 11.4. The van der Waals surface area contributed by atoms with Crippen molar-refractivity contribution in [2.75, 3.05) is 6.61 Å². The lowest BCUT2D eigenvalue weighted by molar-refractivity contribution is -0.0510. The van der Waals surface area contributed by atoms with Crippen LogP contribution in [0.3, 0.4) is 0 Å². The first-order valence-corrected chi connectivity index (χ1v) is 7.17. The molecule has 1 saturated carbocycles. The molecule has 1 aliphatic heterocycles. The third-order valence-electron chi connectivity index (χ3n) is 4.25. The Morgan fingerprint density at radius 2 is 2.25 bits per heavy atom. The molecule has 1 saturated heterocycles. The van der Waals surface area contributed by atoms with Crippen LogP contribution in [0.1, 0.15) is 49.0 Å². The lowest BCUT2D eigenvalue weighted by Crippen LogP contribution is -2.27. The van der Waals surface area contributed by atoms with Crippen molar-refractivity contribution in [2.24, 2.45) is 0 Å². The van der Waals surface area contributed by atoms with Gasteiger partial charge in [0.05, 0.1) is 11.7 Å². The quantitative estimate of drug-likeness (QED) is 0.916. The predicted molar refractivity (Wildman–Crippen MR) is 72.0 cm³/mol. The number of ether oxygens (including phenoxy) is 2. The Kier molecular flexibility index (Phi) is 3.61. The second kappa shape index (κ2) is 5.40. The van der Waals surface area contributed by atoms with Gasteiger partial charge in [0.2, 0.25) is 0 Å². The fourth-order valence-electron chi connectivity index (χ4n) is 3.25. The van der Waals surface area contributed by atoms with Crippen molar-refractivity contribution < 1.29 is 19.4 Å². The van der Waals surface area contributed by atoms with Crippen LogP contribution in [-0.4, -0.2) is 34.4 Å². The van der Waals surface area contributed by atoms with E-state index in [4.69, 9.17) is 14.6 Å². The summed E-state index contributed by atoms with van der Waals surface area (Å²) in [4.78, 5) is 14.9. The van der Waals surface area contributed by atoms with Gasteiger partial charge in [-0.25, -0.2) is 9.78 Å². The molecular weight excluding hydrogens is 258 g/mol. The van der Waals surface area contributed by atoms with E-state index in [9.17, 15) is 4.79 Å². The average Bonchev–Trinajstić information content (AvgIpc) is 3.07. The molecule has 1 unspecified atom stereocenters. The van der Waals surface area contributed by atoms with Gasteiger partial charge < -0.3 is 14.6 Å². The van der Waals surface area contributed by atoms with E-state index < -0.39 is 5.97 Å². The van der Waals surface area contributed by atoms with Gasteiger partial charge in [0, 0.05) is 6.20 Å². The molecule has 3 rings (SSSR count). The Bertz CT molecular complexity index is 496. The summed E-state index contributed by atoms with van der Waals surface area (Å²) >= 11 is 0. The predicted octanol–water partition coefficient (Wildman–Crippen LogP) is 2.65. The largest absolute Gasteiger partial charge is 0.488 e. The Hall–Kier alpha value is -1.62. The standard InChI is InChI=1S/C15H19NO4/c17-14(18)13-12(4-3-9-16-13)19-10-11-5-8-15(20-11)6-1-2-7-15/h3-4,9,11H,1-2,5-8,10H2,(H,17,18). The summed E-state index contributed by atoms with van der Waals surface area (Å²) < 4.78 is 11.8. The van der Waals surface area contributed by atoms with Crippen LogP contribution in [-0.2, 0) is 4.74 Å². The minimum Gasteiger partial charge on any atom is -0.488 e. The number of nitrogens with zero attached hydrogens (tertiary/aromatic N) is 1. The summed E-state index contributed by atoms with van der Waals surface area (Å²) in [6.07, 6.45) is 8.40. The summed E-state index contributed by atoms with van der Waals surface area (Å²) in [6, 6.07) is 3.31. The van der Waals surface area contributed by atoms with Gasteiger partial charge in [-0.1, -0.05) is 12.8 Å². The number of hydrogen-bond acceptors (Lipinski definition) is 4. The van der Waals surface area contributed by atoms with Crippen molar-refractivity contribution in [3.63, 3.8) is 0 Å². The first-order valence-electron chi connectivity index (χ1n) is 7.17. The number of rotatable bonds is 4. The summed E-state index contributed by atoms with van der Waals surface area (Å²) in [5.74, 6) is -0.754. The van der Waals surface area contributed by atoms with Crippen LogP contribution in [0.15, 0.2) is 18.3 Å². The Morgan fingerprint density at radius 3 is 3.00 bits per heavy atom. The molecule has 1 spiro atoms. The number of carbonyl (C=O) groups is 1. The molecular formula is C15H19NO4. The minimum atomic E-state index is -1.07. The van der Waals surface area contributed by atoms with Crippen LogP contribution in [0.4, 0.5) is 0 Å². The average molecular weight is 277 g/mol. The van der Waals surface area contributed by atoms with Crippen LogP contribution >= 0.6 is 0 Å². The molecule has 1 N–H and O–H groups in total. The van der Waals surface area contributed by atoms with E-state index >= 15 is 0 Å². The highest BCUT2D eigenvalue weighted by Gasteiger charge is 2.42. The Morgan fingerprint density at radius 1 is 1.45 bits per heavy atom. The van der Waals surface area contributed by atoms with Crippen molar-refractivity contribution >= 4 is 5.97 Å². The molecule has 5 heteroatoms. The maximum atomic E-state index is 11.0. The van der Waals surface area contributed by atoms with Gasteiger partial charge in [-0.2, -0.15) is 0 Å². The van der Waals surface area contributed by atoms with Crippen LogP contribution < -0.4 is 4.74 Å². The Balaban J connectivity index is 1.59. The van der Waals surface area contributed by atoms with Crippen LogP contribution in [0.25, 0.3) is 0 Å². The highest BCUT2D eigenvalue weighted by atomic mass is 16.6. The van der Waals surface area contributed by atoms with Crippen molar-refractivity contribution in [3.05, 3.63) is 24.0 Å². The van der Waals surface area contributed by atoms with Gasteiger partial charge >= 0.3 is 5.97 Å². The fraction of sp³-hybridized carbons (Fsp3) is 0.600. The summed E-state index contributed by atoms with van der Waals surface area (Å²) in [6.45, 7) is 0.397. The van der Waals surface area contributed by atoms with Crippen molar-refractivity contribution in [1.29, 1.82) is 0 Å². The number of pyridine rings is 1. The monoisotopic (exact) mass is 277 g/mol. The highest BCUT2D eigenvalue weighted by Crippen LogP contribution is 2.43. The topological polar surface area (TPSA) is 68.7 Å². The van der Waals surface area contributed by atoms with E-state index in [1.807, 2.05) is 0 Å². The van der Waals surface area contributed by atoms with Gasteiger partial charge in [-0.05, 0) is 37.8 Å². The van der Waals surface area contributed by atoms with E-state index in [0.717, 1.165) is 25.7 Å². The molecule has 2 fully saturated rings. The lowest BCUT2D eigenvalue weighted by atomic mass is 9.98. The number of carboxylic acid groups (broad SMARTS) is 1. The van der Waals surface area contributed by atoms with Gasteiger partial charge in [0.15, 0.2) is 11.4 Å². The van der Waals surface area contributed by atoms with Crippen molar-refractivity contribution in [1.82, 2.24) is 4.98 Å². The van der Waals surface area contributed by atoms with Crippen molar-refractivity contribution in [3.8, 4) is 5.75 Å². The zero-order chi connectivity index (χ0) is 14.0. The van der Waals surface area contributed by atoms with E-state index in [2.05, 4.69) is 4.98 Å². The second-order valence-electron chi connectivity index (χ2n) is 5.63. The lowest BCUT2D eigenvalue weighted by Gasteiger charge is -2.23. The highest BCUT2D eigenvalue weighted by molar-refractivity contribution is 5.88. The third-order valence-corrected chi connectivity index (χ3v) is 4.25. The molecule has 108 valence electrons. The second-order valence-corrected chi connectivity index (χ2v) is 5.63. The molecule has 5 nitrogen and oxygen atoms in total. The number of hydrogen-bond donors (Lipinski definition) is 1. The SMILES string of the molecule is O=C(O)c1ncccc1OCC1CCC2(CCCC2)O1. The summed E-state index contributed by atoms with van der Waals surface area (Å²) in [5.41, 5.74) is 0.0413. The first kappa shape index (κ1) is 13.4. The van der Waals surface area contributed by atoms with Gasteiger partial charge in [-0.3, -0.25) is 0 Å². The zero-order valence-corrected chi connectivity index (χ0v) is 11.4. The molecule has 20 heavy (non-hydrogen) atoms. The molecule has 1 aromatic rings. The smallest absolute Gasteiger partial charge is 0.358 e. The normalized spacial score (nSPS) is 24.1. The van der Waals surface area contributed by atoms with E-state index in [1.165, 1.54) is 19.0 Å². The minimum absolute atomic E-state index is 0.0407. The van der Waals surface area contributed by atoms with Gasteiger partial charge in [0.25, 0.3) is 0 Å². The van der Waals surface area contributed by atoms with Crippen LogP contribution in [0.2, 0.25) is 0 Å². The summed E-state index contributed by atoms with van der Waals surface area (Å²) in [5, 5.41) is 9.05. The molecule has 0 bridgehead atoms.